The SMILES string of the molecule is CCc1nc(CN(C)C)sc1-c1n[nH]c(=S)n1C. The van der Waals surface area contributed by atoms with Gasteiger partial charge in [0.2, 0.25) is 0 Å². The highest BCUT2D eigenvalue weighted by Gasteiger charge is 2.16. The number of nitrogens with zero attached hydrogens (tertiary/aromatic N) is 4. The van der Waals surface area contributed by atoms with Crippen LogP contribution in [0.1, 0.15) is 17.6 Å². The van der Waals surface area contributed by atoms with Gasteiger partial charge in [0.05, 0.1) is 10.6 Å². The zero-order chi connectivity index (χ0) is 13.3. The van der Waals surface area contributed by atoms with Gasteiger partial charge in [0.15, 0.2) is 10.6 Å². The Balaban J connectivity index is 2.46. The van der Waals surface area contributed by atoms with E-state index in [1.807, 2.05) is 25.7 Å². The quantitative estimate of drug-likeness (QED) is 0.874. The molecule has 0 saturated carbocycles. The van der Waals surface area contributed by atoms with Gasteiger partial charge in [-0.3, -0.25) is 5.10 Å². The average molecular weight is 283 g/mol. The summed E-state index contributed by atoms with van der Waals surface area (Å²) in [4.78, 5) is 7.90. The van der Waals surface area contributed by atoms with E-state index < -0.39 is 0 Å². The summed E-state index contributed by atoms with van der Waals surface area (Å²) in [5.41, 5.74) is 1.09. The fraction of sp³-hybridized carbons (Fsp3) is 0.545. The van der Waals surface area contributed by atoms with E-state index in [1.54, 1.807) is 11.3 Å². The van der Waals surface area contributed by atoms with Gasteiger partial charge >= 0.3 is 0 Å². The molecule has 0 bridgehead atoms. The molecule has 0 fully saturated rings. The third-order valence-corrected chi connectivity index (χ3v) is 4.05. The van der Waals surface area contributed by atoms with Crippen molar-refractivity contribution in [1.29, 1.82) is 0 Å². The Labute approximate surface area is 115 Å². The van der Waals surface area contributed by atoms with Crippen molar-refractivity contribution in [3.63, 3.8) is 0 Å². The molecule has 18 heavy (non-hydrogen) atoms. The molecule has 0 atom stereocenters. The molecule has 0 aliphatic heterocycles. The first-order valence-electron chi connectivity index (χ1n) is 5.78. The Kier molecular flexibility index (Phi) is 3.94. The molecule has 2 rings (SSSR count). The second-order valence-corrected chi connectivity index (χ2v) is 5.86. The Morgan fingerprint density at radius 3 is 2.67 bits per heavy atom. The summed E-state index contributed by atoms with van der Waals surface area (Å²) < 4.78 is 2.52. The van der Waals surface area contributed by atoms with E-state index in [4.69, 9.17) is 12.2 Å². The van der Waals surface area contributed by atoms with Crippen molar-refractivity contribution in [2.75, 3.05) is 14.1 Å². The van der Waals surface area contributed by atoms with Crippen molar-refractivity contribution in [2.45, 2.75) is 19.9 Å². The summed E-state index contributed by atoms with van der Waals surface area (Å²) in [6.07, 6.45) is 0.902. The molecule has 0 aliphatic rings. The van der Waals surface area contributed by atoms with Gasteiger partial charge in [-0.15, -0.1) is 11.3 Å². The summed E-state index contributed by atoms with van der Waals surface area (Å²) in [6.45, 7) is 2.96. The van der Waals surface area contributed by atoms with Gasteiger partial charge in [0, 0.05) is 13.6 Å². The molecule has 2 aromatic heterocycles. The first-order valence-corrected chi connectivity index (χ1v) is 7.00. The fourth-order valence-electron chi connectivity index (χ4n) is 1.70. The lowest BCUT2D eigenvalue weighted by atomic mass is 10.3. The average Bonchev–Trinajstić information content (AvgIpc) is 2.83. The van der Waals surface area contributed by atoms with Crippen LogP contribution in [-0.4, -0.2) is 38.7 Å². The van der Waals surface area contributed by atoms with Gasteiger partial charge in [-0.2, -0.15) is 5.10 Å². The number of H-pyrrole nitrogens is 1. The molecule has 2 aromatic rings. The minimum absolute atomic E-state index is 0.634. The first-order chi connectivity index (χ1) is 8.52. The van der Waals surface area contributed by atoms with E-state index in [0.717, 1.165) is 34.4 Å². The van der Waals surface area contributed by atoms with Gasteiger partial charge in [-0.25, -0.2) is 4.98 Å². The molecular formula is C11H17N5S2. The molecule has 0 amide bonds. The molecule has 0 aliphatic carbocycles. The number of nitrogens with one attached hydrogen (secondary N) is 1. The number of aromatic amines is 1. The minimum atomic E-state index is 0.634. The van der Waals surface area contributed by atoms with Crippen molar-refractivity contribution in [3.8, 4) is 10.7 Å². The van der Waals surface area contributed by atoms with Crippen LogP contribution in [0.5, 0.6) is 0 Å². The predicted octanol–water partition coefficient (Wildman–Crippen LogP) is 2.23. The molecule has 1 N–H and O–H groups in total. The van der Waals surface area contributed by atoms with E-state index in [2.05, 4.69) is 27.0 Å². The van der Waals surface area contributed by atoms with E-state index in [1.165, 1.54) is 0 Å². The fourth-order valence-corrected chi connectivity index (χ4v) is 3.13. The third kappa shape index (κ3) is 2.52. The highest BCUT2D eigenvalue weighted by atomic mass is 32.1. The van der Waals surface area contributed by atoms with Crippen LogP contribution < -0.4 is 0 Å². The van der Waals surface area contributed by atoms with Crippen LogP contribution in [0, 0.1) is 4.77 Å². The molecule has 2 heterocycles. The van der Waals surface area contributed by atoms with Crippen LogP contribution in [0.4, 0.5) is 0 Å². The summed E-state index contributed by atoms with van der Waals surface area (Å²) in [5.74, 6) is 0.874. The van der Waals surface area contributed by atoms with Crippen LogP contribution >= 0.6 is 23.6 Å². The first kappa shape index (κ1) is 13.4. The molecule has 5 nitrogen and oxygen atoms in total. The molecule has 0 unspecified atom stereocenters. The second kappa shape index (κ2) is 5.29. The number of aromatic nitrogens is 4. The third-order valence-electron chi connectivity index (χ3n) is 2.61. The van der Waals surface area contributed by atoms with E-state index in [-0.39, 0.29) is 0 Å². The molecule has 0 aromatic carbocycles. The number of hydrogen-bond acceptors (Lipinski definition) is 5. The lowest BCUT2D eigenvalue weighted by molar-refractivity contribution is 0.401. The maximum atomic E-state index is 5.15. The summed E-state index contributed by atoms with van der Waals surface area (Å²) in [7, 11) is 6.01. The Hall–Kier alpha value is -1.05. The normalized spacial score (nSPS) is 11.4. The van der Waals surface area contributed by atoms with Crippen molar-refractivity contribution >= 4 is 23.6 Å². The standard InChI is InChI=1S/C11H17N5S2/c1-5-7-9(10-13-14-11(17)16(10)4)18-8(12-7)6-15(2)3/h5-6H2,1-4H3,(H,14,17). The monoisotopic (exact) mass is 283 g/mol. The molecule has 0 radical (unpaired) electrons. The molecule has 98 valence electrons. The Bertz CT molecular complexity index is 593. The number of aryl methyl sites for hydroxylation is 1. The van der Waals surface area contributed by atoms with Gasteiger partial charge in [-0.05, 0) is 32.7 Å². The van der Waals surface area contributed by atoms with Crippen molar-refractivity contribution < 1.29 is 0 Å². The highest BCUT2D eigenvalue weighted by molar-refractivity contribution is 7.71. The lowest BCUT2D eigenvalue weighted by Gasteiger charge is -2.04. The van der Waals surface area contributed by atoms with Crippen LogP contribution in [0.15, 0.2) is 0 Å². The number of hydrogen-bond donors (Lipinski definition) is 1. The van der Waals surface area contributed by atoms with Crippen LogP contribution in [0.3, 0.4) is 0 Å². The van der Waals surface area contributed by atoms with E-state index >= 15 is 0 Å². The largest absolute Gasteiger partial charge is 0.303 e. The van der Waals surface area contributed by atoms with E-state index in [0.29, 0.717) is 4.77 Å². The number of rotatable bonds is 4. The molecule has 0 saturated heterocycles. The predicted molar refractivity (Wildman–Crippen MR) is 76.3 cm³/mol. The van der Waals surface area contributed by atoms with Gasteiger partial charge in [0.25, 0.3) is 0 Å². The summed E-state index contributed by atoms with van der Waals surface area (Å²) in [6, 6.07) is 0. The molecule has 0 spiro atoms. The van der Waals surface area contributed by atoms with Crippen LogP contribution in [0.2, 0.25) is 0 Å². The lowest BCUT2D eigenvalue weighted by Crippen LogP contribution is -2.10. The maximum absolute atomic E-state index is 5.15. The van der Waals surface area contributed by atoms with Gasteiger partial charge < -0.3 is 9.47 Å². The topological polar surface area (TPSA) is 49.7 Å². The van der Waals surface area contributed by atoms with Crippen molar-refractivity contribution in [2.24, 2.45) is 7.05 Å². The molecular weight excluding hydrogens is 266 g/mol. The van der Waals surface area contributed by atoms with Crippen LogP contribution in [-0.2, 0) is 20.0 Å². The zero-order valence-corrected chi connectivity index (χ0v) is 12.7. The Morgan fingerprint density at radius 1 is 1.44 bits per heavy atom. The number of thiazole rings is 1. The maximum Gasteiger partial charge on any atom is 0.195 e. The van der Waals surface area contributed by atoms with Crippen molar-refractivity contribution in [1.82, 2.24) is 24.6 Å². The summed E-state index contributed by atoms with van der Waals surface area (Å²) in [5, 5.41) is 8.22. The molecule has 7 heteroatoms. The highest BCUT2D eigenvalue weighted by Crippen LogP contribution is 2.29. The zero-order valence-electron chi connectivity index (χ0n) is 11.0. The smallest absolute Gasteiger partial charge is 0.195 e. The summed E-state index contributed by atoms with van der Waals surface area (Å²) >= 11 is 6.84. The van der Waals surface area contributed by atoms with Crippen LogP contribution in [0.25, 0.3) is 10.7 Å². The second-order valence-electron chi connectivity index (χ2n) is 4.39. The Morgan fingerprint density at radius 2 is 2.17 bits per heavy atom. The van der Waals surface area contributed by atoms with Gasteiger partial charge in [-0.1, -0.05) is 6.92 Å². The minimum Gasteiger partial charge on any atom is -0.303 e. The van der Waals surface area contributed by atoms with Crippen molar-refractivity contribution in [3.05, 3.63) is 15.5 Å². The van der Waals surface area contributed by atoms with Gasteiger partial charge in [0.1, 0.15) is 5.01 Å². The van der Waals surface area contributed by atoms with E-state index in [9.17, 15) is 0 Å².